The third kappa shape index (κ3) is 4.47. The monoisotopic (exact) mass is 215 g/mol. The van der Waals surface area contributed by atoms with Gasteiger partial charge in [-0.05, 0) is 53.0 Å². The number of aliphatic hydroxyl groups excluding tert-OH is 1. The predicted molar refractivity (Wildman–Crippen MR) is 62.8 cm³/mol. The molecule has 90 valence electrons. The maximum Gasteiger partial charge on any atom is 0.0583 e. The number of nitrogens with zero attached hydrogens (tertiary/aromatic N) is 2. The summed E-state index contributed by atoms with van der Waals surface area (Å²) in [7, 11) is 4.31. The third-order valence-electron chi connectivity index (χ3n) is 3.34. The molecule has 0 bridgehead atoms. The first-order chi connectivity index (χ1) is 7.13. The highest BCUT2D eigenvalue weighted by molar-refractivity contribution is 4.77. The van der Waals surface area contributed by atoms with E-state index in [9.17, 15) is 0 Å². The van der Waals surface area contributed by atoms with Gasteiger partial charge in [-0.2, -0.15) is 0 Å². The first-order valence-corrected chi connectivity index (χ1v) is 5.88. The van der Waals surface area contributed by atoms with Crippen LogP contribution >= 0.6 is 0 Å². The summed E-state index contributed by atoms with van der Waals surface area (Å²) in [6.45, 7) is 3.47. The van der Waals surface area contributed by atoms with E-state index in [1.165, 1.54) is 25.9 Å². The lowest BCUT2D eigenvalue weighted by Crippen LogP contribution is -2.43. The lowest BCUT2D eigenvalue weighted by Gasteiger charge is -2.35. The van der Waals surface area contributed by atoms with E-state index in [0.29, 0.717) is 0 Å². The largest absolute Gasteiger partial charge is 0.395 e. The first-order valence-electron chi connectivity index (χ1n) is 5.88. The van der Waals surface area contributed by atoms with Crippen molar-refractivity contribution in [2.24, 2.45) is 5.73 Å². The van der Waals surface area contributed by atoms with Gasteiger partial charge in [-0.25, -0.2) is 0 Å². The van der Waals surface area contributed by atoms with E-state index in [0.717, 1.165) is 19.0 Å². The van der Waals surface area contributed by atoms with Crippen LogP contribution in [0.3, 0.4) is 0 Å². The van der Waals surface area contributed by atoms with E-state index in [4.69, 9.17) is 10.8 Å². The van der Waals surface area contributed by atoms with E-state index in [1.807, 2.05) is 0 Å². The number of nitrogens with two attached hydrogens (primary N) is 1. The average molecular weight is 215 g/mol. The average Bonchev–Trinajstić information content (AvgIpc) is 2.26. The Bertz CT molecular complexity index is 167. The Kier molecular flexibility index (Phi) is 5.53. The number of hydrogen-bond acceptors (Lipinski definition) is 4. The second-order valence-electron chi connectivity index (χ2n) is 4.77. The fraction of sp³-hybridized carbons (Fsp3) is 1.00. The van der Waals surface area contributed by atoms with Gasteiger partial charge in [0.05, 0.1) is 6.61 Å². The molecule has 1 aliphatic rings. The molecule has 0 spiro atoms. The van der Waals surface area contributed by atoms with Crippen molar-refractivity contribution in [1.82, 2.24) is 9.80 Å². The van der Waals surface area contributed by atoms with E-state index in [-0.39, 0.29) is 12.6 Å². The summed E-state index contributed by atoms with van der Waals surface area (Å²) >= 11 is 0. The van der Waals surface area contributed by atoms with Gasteiger partial charge in [0.1, 0.15) is 0 Å². The zero-order chi connectivity index (χ0) is 11.3. The van der Waals surface area contributed by atoms with E-state index < -0.39 is 0 Å². The molecule has 0 radical (unpaired) electrons. The minimum Gasteiger partial charge on any atom is -0.395 e. The van der Waals surface area contributed by atoms with Crippen LogP contribution in [0.4, 0.5) is 0 Å². The normalized spacial score (nSPS) is 22.2. The second-order valence-corrected chi connectivity index (χ2v) is 4.77. The molecule has 1 aliphatic heterocycles. The molecule has 0 aromatic rings. The zero-order valence-electron chi connectivity index (χ0n) is 10.0. The predicted octanol–water partition coefficient (Wildman–Crippen LogP) is -0.278. The van der Waals surface area contributed by atoms with Gasteiger partial charge in [-0.3, -0.25) is 0 Å². The van der Waals surface area contributed by atoms with Gasteiger partial charge in [0.15, 0.2) is 0 Å². The number of hydrogen-bond donors (Lipinski definition) is 2. The van der Waals surface area contributed by atoms with Gasteiger partial charge in [0.25, 0.3) is 0 Å². The fourth-order valence-corrected chi connectivity index (χ4v) is 2.10. The Labute approximate surface area is 93.0 Å². The van der Waals surface area contributed by atoms with Crippen molar-refractivity contribution in [3.05, 3.63) is 0 Å². The summed E-state index contributed by atoms with van der Waals surface area (Å²) in [5.74, 6) is 0. The molecule has 1 heterocycles. The molecule has 1 unspecified atom stereocenters. The number of piperidine rings is 1. The van der Waals surface area contributed by atoms with Gasteiger partial charge < -0.3 is 20.6 Å². The lowest BCUT2D eigenvalue weighted by atomic mass is 10.0. The summed E-state index contributed by atoms with van der Waals surface area (Å²) in [5, 5.41) is 8.83. The number of rotatable bonds is 5. The molecule has 0 aromatic heterocycles. The highest BCUT2D eigenvalue weighted by atomic mass is 16.3. The van der Waals surface area contributed by atoms with Crippen LogP contribution in [-0.2, 0) is 0 Å². The van der Waals surface area contributed by atoms with Crippen LogP contribution in [0.2, 0.25) is 0 Å². The number of likely N-dealkylation sites (tertiary alicyclic amines) is 1. The molecule has 0 saturated carbocycles. The maximum atomic E-state index is 8.83. The quantitative estimate of drug-likeness (QED) is 0.662. The second kappa shape index (κ2) is 6.43. The first kappa shape index (κ1) is 12.9. The summed E-state index contributed by atoms with van der Waals surface area (Å²) in [5.41, 5.74) is 5.68. The summed E-state index contributed by atoms with van der Waals surface area (Å²) < 4.78 is 0. The van der Waals surface area contributed by atoms with Gasteiger partial charge in [-0.1, -0.05) is 0 Å². The SMILES string of the molecule is CN(C)C1CCN(CCC(N)CO)CC1. The Morgan fingerprint density at radius 2 is 2.00 bits per heavy atom. The van der Waals surface area contributed by atoms with E-state index in [1.54, 1.807) is 0 Å². The van der Waals surface area contributed by atoms with Crippen LogP contribution in [0.15, 0.2) is 0 Å². The lowest BCUT2D eigenvalue weighted by molar-refractivity contribution is 0.138. The van der Waals surface area contributed by atoms with Crippen LogP contribution in [0.5, 0.6) is 0 Å². The molecule has 15 heavy (non-hydrogen) atoms. The smallest absolute Gasteiger partial charge is 0.0583 e. The van der Waals surface area contributed by atoms with Crippen molar-refractivity contribution in [2.45, 2.75) is 31.3 Å². The topological polar surface area (TPSA) is 52.7 Å². The highest BCUT2D eigenvalue weighted by Crippen LogP contribution is 2.14. The van der Waals surface area contributed by atoms with E-state index >= 15 is 0 Å². The minimum absolute atomic E-state index is 0.0448. The molecule has 0 amide bonds. The van der Waals surface area contributed by atoms with Crippen LogP contribution < -0.4 is 5.73 Å². The fourth-order valence-electron chi connectivity index (χ4n) is 2.10. The van der Waals surface area contributed by atoms with Crippen molar-refractivity contribution >= 4 is 0 Å². The molecule has 3 N–H and O–H groups in total. The maximum absolute atomic E-state index is 8.83. The summed E-state index contributed by atoms with van der Waals surface area (Å²) in [4.78, 5) is 4.77. The summed E-state index contributed by atoms with van der Waals surface area (Å²) in [6, 6.07) is 0.698. The molecule has 0 aliphatic carbocycles. The Morgan fingerprint density at radius 1 is 1.40 bits per heavy atom. The molecule has 4 heteroatoms. The van der Waals surface area contributed by atoms with Crippen LogP contribution in [0.1, 0.15) is 19.3 Å². The molecule has 1 atom stereocenters. The van der Waals surface area contributed by atoms with E-state index in [2.05, 4.69) is 23.9 Å². The van der Waals surface area contributed by atoms with Crippen molar-refractivity contribution in [3.8, 4) is 0 Å². The molecular weight excluding hydrogens is 190 g/mol. The third-order valence-corrected chi connectivity index (χ3v) is 3.34. The van der Waals surface area contributed by atoms with Crippen molar-refractivity contribution in [2.75, 3.05) is 40.3 Å². The zero-order valence-corrected chi connectivity index (χ0v) is 10.0. The number of aliphatic hydroxyl groups is 1. The van der Waals surface area contributed by atoms with Crippen LogP contribution in [0.25, 0.3) is 0 Å². The van der Waals surface area contributed by atoms with Gasteiger partial charge >= 0.3 is 0 Å². The molecule has 1 rings (SSSR count). The van der Waals surface area contributed by atoms with Gasteiger partial charge in [0, 0.05) is 12.1 Å². The van der Waals surface area contributed by atoms with Crippen LogP contribution in [-0.4, -0.2) is 67.3 Å². The highest BCUT2D eigenvalue weighted by Gasteiger charge is 2.20. The van der Waals surface area contributed by atoms with Crippen molar-refractivity contribution < 1.29 is 5.11 Å². The van der Waals surface area contributed by atoms with Crippen molar-refractivity contribution in [3.63, 3.8) is 0 Å². The molecule has 1 saturated heterocycles. The Morgan fingerprint density at radius 3 is 2.47 bits per heavy atom. The molecule has 1 fully saturated rings. The minimum atomic E-state index is -0.0448. The Hall–Kier alpha value is -0.160. The molecule has 4 nitrogen and oxygen atoms in total. The molecular formula is C11H25N3O. The van der Waals surface area contributed by atoms with Crippen LogP contribution in [0, 0.1) is 0 Å². The van der Waals surface area contributed by atoms with Gasteiger partial charge in [-0.15, -0.1) is 0 Å². The summed E-state index contributed by atoms with van der Waals surface area (Å²) in [6.07, 6.45) is 3.41. The standard InChI is InChI=1S/C11H25N3O/c1-13(2)11-4-7-14(8-5-11)6-3-10(12)9-15/h10-11,15H,3-9,12H2,1-2H3. The Balaban J connectivity index is 2.14. The molecule has 0 aromatic carbocycles. The van der Waals surface area contributed by atoms with Gasteiger partial charge in [0.2, 0.25) is 0 Å². The van der Waals surface area contributed by atoms with Crippen molar-refractivity contribution in [1.29, 1.82) is 0 Å².